The molecule has 0 aromatic carbocycles. The van der Waals surface area contributed by atoms with Crippen molar-refractivity contribution in [1.82, 2.24) is 15.4 Å². The number of carboxylic acids is 1. The standard InChI is InChI=1S/C4H5N3O2S.2Na.2H/c8-3(9)1-2-4(10)6-7-5-2;;;;/h1H2,(H,8,9)(H2,5,6,7,10);;;;. The molecule has 1 heterocycles. The third-order valence-corrected chi connectivity index (χ3v) is 1.28. The molecule has 0 spiro atoms. The minimum absolute atomic E-state index is 0. The van der Waals surface area contributed by atoms with Gasteiger partial charge < -0.3 is 5.11 Å². The van der Waals surface area contributed by atoms with Gasteiger partial charge in [-0.15, -0.1) is 17.7 Å². The van der Waals surface area contributed by atoms with Gasteiger partial charge in [-0.1, -0.05) is 5.21 Å². The molecular formula is C4H7N3Na2O2S. The number of aromatic amines is 1. The van der Waals surface area contributed by atoms with Gasteiger partial charge in [0, 0.05) is 0 Å². The van der Waals surface area contributed by atoms with Crippen molar-refractivity contribution >= 4 is 77.7 Å². The first kappa shape index (κ1) is 15.4. The second-order valence-corrected chi connectivity index (χ2v) is 2.12. The molecule has 58 valence electrons. The Morgan fingerprint density at radius 1 is 1.58 bits per heavy atom. The molecule has 0 saturated heterocycles. The molecule has 0 fully saturated rings. The van der Waals surface area contributed by atoms with Crippen molar-refractivity contribution in [3.63, 3.8) is 0 Å². The number of hydrogen-bond donors (Lipinski definition) is 3. The Labute approximate surface area is 119 Å². The Balaban J connectivity index is 0. The van der Waals surface area contributed by atoms with E-state index in [1.54, 1.807) is 0 Å². The summed E-state index contributed by atoms with van der Waals surface area (Å²) in [5, 5.41) is 18.0. The average molecular weight is 207 g/mol. The van der Waals surface area contributed by atoms with Crippen LogP contribution in [0.15, 0.2) is 5.03 Å². The van der Waals surface area contributed by atoms with E-state index in [9.17, 15) is 4.79 Å². The number of nitrogens with one attached hydrogen (secondary N) is 1. The number of rotatable bonds is 2. The molecule has 0 aliphatic heterocycles. The number of thiol groups is 1. The van der Waals surface area contributed by atoms with E-state index < -0.39 is 5.97 Å². The summed E-state index contributed by atoms with van der Waals surface area (Å²) in [6.45, 7) is 0. The van der Waals surface area contributed by atoms with Gasteiger partial charge in [-0.3, -0.25) is 9.89 Å². The van der Waals surface area contributed by atoms with Crippen LogP contribution in [0.5, 0.6) is 0 Å². The summed E-state index contributed by atoms with van der Waals surface area (Å²) in [7, 11) is 0. The van der Waals surface area contributed by atoms with Crippen LogP contribution in [0.1, 0.15) is 5.69 Å². The Morgan fingerprint density at radius 3 is 2.50 bits per heavy atom. The first-order valence-corrected chi connectivity index (χ1v) is 2.95. The molecule has 0 aliphatic carbocycles. The zero-order valence-electron chi connectivity index (χ0n) is 4.90. The van der Waals surface area contributed by atoms with Crippen molar-refractivity contribution in [3.05, 3.63) is 5.69 Å². The maximum absolute atomic E-state index is 10.1. The molecule has 0 radical (unpaired) electrons. The fourth-order valence-electron chi connectivity index (χ4n) is 0.507. The second-order valence-electron chi connectivity index (χ2n) is 1.68. The van der Waals surface area contributed by atoms with Crippen molar-refractivity contribution < 1.29 is 9.90 Å². The Morgan fingerprint density at radius 2 is 2.17 bits per heavy atom. The molecule has 0 aliphatic rings. The summed E-state index contributed by atoms with van der Waals surface area (Å²) in [5.41, 5.74) is 0.357. The van der Waals surface area contributed by atoms with Gasteiger partial charge in [0.1, 0.15) is 10.7 Å². The van der Waals surface area contributed by atoms with Gasteiger partial charge in [0.25, 0.3) is 0 Å². The number of nitrogens with zero attached hydrogens (tertiary/aromatic N) is 2. The molecule has 0 unspecified atom stereocenters. The first-order valence-electron chi connectivity index (χ1n) is 2.51. The third kappa shape index (κ3) is 4.86. The van der Waals surface area contributed by atoms with Crippen LogP contribution < -0.4 is 0 Å². The molecule has 0 bridgehead atoms. The molecule has 0 saturated carbocycles. The quantitative estimate of drug-likeness (QED) is 0.404. The zero-order chi connectivity index (χ0) is 7.56. The van der Waals surface area contributed by atoms with Gasteiger partial charge in [-0.25, -0.2) is 0 Å². The predicted octanol–water partition coefficient (Wildman–Crippen LogP) is -1.58. The minimum atomic E-state index is -0.941. The Hall–Kier alpha value is 0.960. The van der Waals surface area contributed by atoms with Crippen LogP contribution >= 0.6 is 12.6 Å². The number of aliphatic carboxylic acids is 1. The van der Waals surface area contributed by atoms with E-state index in [0.717, 1.165) is 0 Å². The van der Waals surface area contributed by atoms with Crippen molar-refractivity contribution in [2.45, 2.75) is 11.4 Å². The summed E-state index contributed by atoms with van der Waals surface area (Å²) in [4.78, 5) is 10.1. The van der Waals surface area contributed by atoms with Gasteiger partial charge in [-0.2, -0.15) is 0 Å². The summed E-state index contributed by atoms with van der Waals surface area (Å²) < 4.78 is 0. The number of carbonyl (C=O) groups is 1. The number of carboxylic acid groups (broad SMARTS) is 1. The van der Waals surface area contributed by atoms with E-state index in [1.807, 2.05) is 0 Å². The van der Waals surface area contributed by atoms with Crippen LogP contribution in [0.25, 0.3) is 0 Å². The van der Waals surface area contributed by atoms with E-state index in [1.165, 1.54) is 0 Å². The van der Waals surface area contributed by atoms with Gasteiger partial charge >= 0.3 is 65.1 Å². The van der Waals surface area contributed by atoms with Crippen molar-refractivity contribution in [2.75, 3.05) is 0 Å². The van der Waals surface area contributed by atoms with Crippen molar-refractivity contribution in [2.24, 2.45) is 0 Å². The number of aromatic nitrogens is 3. The molecule has 12 heavy (non-hydrogen) atoms. The molecule has 0 amide bonds. The first-order chi connectivity index (χ1) is 4.70. The third-order valence-electron chi connectivity index (χ3n) is 0.919. The molecular weight excluding hydrogens is 200 g/mol. The molecule has 1 aromatic rings. The van der Waals surface area contributed by atoms with E-state index in [2.05, 4.69) is 28.0 Å². The van der Waals surface area contributed by atoms with Gasteiger partial charge in [0.2, 0.25) is 0 Å². The fraction of sp³-hybridized carbons (Fsp3) is 0.250. The normalized spacial score (nSPS) is 8.08. The monoisotopic (exact) mass is 207 g/mol. The number of hydrogen-bond acceptors (Lipinski definition) is 4. The molecule has 1 rings (SSSR count). The van der Waals surface area contributed by atoms with E-state index in [-0.39, 0.29) is 65.5 Å². The predicted molar refractivity (Wildman–Crippen MR) is 49.3 cm³/mol. The Kier molecular flexibility index (Phi) is 9.48. The van der Waals surface area contributed by atoms with Crippen LogP contribution in [0, 0.1) is 0 Å². The molecule has 0 atom stereocenters. The topological polar surface area (TPSA) is 78.9 Å². The van der Waals surface area contributed by atoms with Gasteiger partial charge in [0.05, 0.1) is 6.42 Å². The molecule has 2 N–H and O–H groups in total. The average Bonchev–Trinajstić information content (AvgIpc) is 2.15. The van der Waals surface area contributed by atoms with Crippen molar-refractivity contribution in [3.8, 4) is 0 Å². The van der Waals surface area contributed by atoms with Crippen molar-refractivity contribution in [1.29, 1.82) is 0 Å². The van der Waals surface area contributed by atoms with Crippen LogP contribution in [-0.4, -0.2) is 85.6 Å². The number of H-pyrrole nitrogens is 1. The molecule has 1 aromatic heterocycles. The Bertz CT molecular complexity index is 254. The summed E-state index contributed by atoms with van der Waals surface area (Å²) >= 11 is 3.88. The second kappa shape index (κ2) is 7.37. The van der Waals surface area contributed by atoms with Crippen LogP contribution in [0.2, 0.25) is 0 Å². The van der Waals surface area contributed by atoms with Crippen LogP contribution in [0.3, 0.4) is 0 Å². The summed E-state index contributed by atoms with van der Waals surface area (Å²) in [5.74, 6) is -0.941. The summed E-state index contributed by atoms with van der Waals surface area (Å²) in [6.07, 6.45) is -0.144. The van der Waals surface area contributed by atoms with Gasteiger partial charge in [0.15, 0.2) is 0 Å². The fourth-order valence-corrected chi connectivity index (χ4v) is 0.675. The van der Waals surface area contributed by atoms with E-state index in [0.29, 0.717) is 10.7 Å². The van der Waals surface area contributed by atoms with E-state index in [4.69, 9.17) is 5.11 Å². The molecule has 5 nitrogen and oxygen atoms in total. The molecule has 8 heteroatoms. The summed E-state index contributed by atoms with van der Waals surface area (Å²) in [6, 6.07) is 0. The maximum atomic E-state index is 10.1. The van der Waals surface area contributed by atoms with E-state index >= 15 is 0 Å². The van der Waals surface area contributed by atoms with Gasteiger partial charge in [-0.05, 0) is 0 Å². The SMILES string of the molecule is O=C(O)Cc1nn[nH]c1S.[NaH].[NaH]. The zero-order valence-corrected chi connectivity index (χ0v) is 5.80. The van der Waals surface area contributed by atoms with Crippen LogP contribution in [-0.2, 0) is 11.2 Å². The van der Waals surface area contributed by atoms with Crippen LogP contribution in [0.4, 0.5) is 0 Å².